The summed E-state index contributed by atoms with van der Waals surface area (Å²) in [5, 5.41) is 4.10. The van der Waals surface area contributed by atoms with Crippen molar-refractivity contribution in [3.63, 3.8) is 0 Å². The van der Waals surface area contributed by atoms with Crippen molar-refractivity contribution in [2.45, 2.75) is 20.8 Å². The van der Waals surface area contributed by atoms with Gasteiger partial charge in [0.1, 0.15) is 0 Å². The first-order valence-corrected chi connectivity index (χ1v) is 4.54. The van der Waals surface area contributed by atoms with E-state index in [1.54, 1.807) is 0 Å². The van der Waals surface area contributed by atoms with Crippen LogP contribution in [0.3, 0.4) is 0 Å². The molecule has 0 saturated heterocycles. The van der Waals surface area contributed by atoms with E-state index in [9.17, 15) is 0 Å². The van der Waals surface area contributed by atoms with Crippen LogP contribution in [0.5, 0.6) is 0 Å². The molecule has 70 valence electrons. The van der Waals surface area contributed by atoms with Crippen LogP contribution in [0, 0.1) is 12.8 Å². The van der Waals surface area contributed by atoms with Crippen molar-refractivity contribution >= 4 is 11.9 Å². The van der Waals surface area contributed by atoms with Gasteiger partial charge in [0.2, 0.25) is 0 Å². The molecule has 0 bridgehead atoms. The molecule has 1 aromatic rings. The predicted molar refractivity (Wildman–Crippen MR) is 58.1 cm³/mol. The summed E-state index contributed by atoms with van der Waals surface area (Å²) in [6.45, 7) is 6.27. The van der Waals surface area contributed by atoms with Gasteiger partial charge in [-0.25, -0.2) is 0 Å². The highest BCUT2D eigenvalue weighted by molar-refractivity contribution is 5.61. The highest BCUT2D eigenvalue weighted by Crippen LogP contribution is 2.07. The Morgan fingerprint density at radius 1 is 1.23 bits per heavy atom. The Balaban J connectivity index is 2.50. The molecule has 2 heteroatoms. The van der Waals surface area contributed by atoms with Crippen molar-refractivity contribution in [3.05, 3.63) is 29.8 Å². The number of anilines is 1. The largest absolute Gasteiger partial charge is 0.279 e. The maximum absolute atomic E-state index is 4.10. The molecule has 1 N–H and O–H groups in total. The van der Waals surface area contributed by atoms with Crippen LogP contribution in [0.4, 0.5) is 5.69 Å². The summed E-state index contributed by atoms with van der Waals surface area (Å²) < 4.78 is 0. The third-order valence-electron chi connectivity index (χ3n) is 1.62. The summed E-state index contributed by atoms with van der Waals surface area (Å²) in [5.41, 5.74) is 5.27. The zero-order valence-electron chi connectivity index (χ0n) is 8.41. The first-order chi connectivity index (χ1) is 6.18. The molecule has 13 heavy (non-hydrogen) atoms. The summed E-state index contributed by atoms with van der Waals surface area (Å²) in [6, 6.07) is 8.17. The van der Waals surface area contributed by atoms with E-state index >= 15 is 0 Å². The average molecular weight is 176 g/mol. The topological polar surface area (TPSA) is 24.4 Å². The Bertz CT molecular complexity index is 273. The van der Waals surface area contributed by atoms with Crippen LogP contribution in [0.15, 0.2) is 29.4 Å². The molecule has 1 aromatic carbocycles. The Hall–Kier alpha value is -1.31. The molecule has 0 aliphatic rings. The molecule has 1 rings (SSSR count). The lowest BCUT2D eigenvalue weighted by Crippen LogP contribution is -1.93. The lowest BCUT2D eigenvalue weighted by atomic mass is 10.2. The first kappa shape index (κ1) is 9.78. The van der Waals surface area contributed by atoms with E-state index in [4.69, 9.17) is 0 Å². The highest BCUT2D eigenvalue weighted by Gasteiger charge is 1.88. The van der Waals surface area contributed by atoms with Gasteiger partial charge in [-0.05, 0) is 25.0 Å². The SMILES string of the molecule is Cc1ccc(N/N=C/C(C)C)cc1. The summed E-state index contributed by atoms with van der Waals surface area (Å²) in [4.78, 5) is 0. The van der Waals surface area contributed by atoms with Crippen LogP contribution in [0.2, 0.25) is 0 Å². The normalized spacial score (nSPS) is 11.1. The summed E-state index contributed by atoms with van der Waals surface area (Å²) in [5.74, 6) is 0.484. The van der Waals surface area contributed by atoms with E-state index < -0.39 is 0 Å². The van der Waals surface area contributed by atoms with Gasteiger partial charge in [0.05, 0.1) is 5.69 Å². The number of aryl methyl sites for hydroxylation is 1. The molecule has 0 aliphatic carbocycles. The lowest BCUT2D eigenvalue weighted by Gasteiger charge is -2.00. The molecule has 2 nitrogen and oxygen atoms in total. The van der Waals surface area contributed by atoms with Gasteiger partial charge in [0.25, 0.3) is 0 Å². The Morgan fingerprint density at radius 3 is 2.38 bits per heavy atom. The van der Waals surface area contributed by atoms with Gasteiger partial charge in [-0.2, -0.15) is 5.10 Å². The fraction of sp³-hybridized carbons (Fsp3) is 0.364. The fourth-order valence-corrected chi connectivity index (χ4v) is 0.889. The number of hydrogen-bond acceptors (Lipinski definition) is 2. The minimum absolute atomic E-state index is 0.484. The molecule has 0 unspecified atom stereocenters. The molecule has 0 aliphatic heterocycles. The Morgan fingerprint density at radius 2 is 1.85 bits per heavy atom. The van der Waals surface area contributed by atoms with Crippen LogP contribution in [-0.2, 0) is 0 Å². The third kappa shape index (κ3) is 3.74. The summed E-state index contributed by atoms with van der Waals surface area (Å²) in [6.07, 6.45) is 1.89. The zero-order chi connectivity index (χ0) is 9.68. The molecule has 0 aromatic heterocycles. The molecular formula is C11H16N2. The number of nitrogens with one attached hydrogen (secondary N) is 1. The van der Waals surface area contributed by atoms with Gasteiger partial charge in [0.15, 0.2) is 0 Å². The van der Waals surface area contributed by atoms with E-state index in [0.717, 1.165) is 5.69 Å². The second kappa shape index (κ2) is 4.65. The molecule has 0 atom stereocenters. The molecule has 0 radical (unpaired) electrons. The quantitative estimate of drug-likeness (QED) is 0.555. The van der Waals surface area contributed by atoms with Gasteiger partial charge < -0.3 is 0 Å². The minimum atomic E-state index is 0.484. The third-order valence-corrected chi connectivity index (χ3v) is 1.62. The van der Waals surface area contributed by atoms with E-state index in [1.165, 1.54) is 5.56 Å². The van der Waals surface area contributed by atoms with E-state index in [0.29, 0.717) is 5.92 Å². The Kier molecular flexibility index (Phi) is 3.50. The van der Waals surface area contributed by atoms with Crippen LogP contribution in [-0.4, -0.2) is 6.21 Å². The smallest absolute Gasteiger partial charge is 0.0561 e. The van der Waals surface area contributed by atoms with E-state index in [1.807, 2.05) is 18.3 Å². The maximum Gasteiger partial charge on any atom is 0.0561 e. The van der Waals surface area contributed by atoms with Gasteiger partial charge >= 0.3 is 0 Å². The molecule has 0 spiro atoms. The van der Waals surface area contributed by atoms with Crippen molar-refractivity contribution in [3.8, 4) is 0 Å². The molecule has 0 fully saturated rings. The molecule has 0 saturated carbocycles. The van der Waals surface area contributed by atoms with Gasteiger partial charge in [-0.3, -0.25) is 5.43 Å². The second-order valence-electron chi connectivity index (χ2n) is 3.50. The molecule has 0 amide bonds. The van der Waals surface area contributed by atoms with Crippen molar-refractivity contribution in [1.82, 2.24) is 0 Å². The molecular weight excluding hydrogens is 160 g/mol. The Labute approximate surface area is 79.7 Å². The van der Waals surface area contributed by atoms with E-state index in [2.05, 4.69) is 43.4 Å². The lowest BCUT2D eigenvalue weighted by molar-refractivity contribution is 0.904. The fourth-order valence-electron chi connectivity index (χ4n) is 0.889. The number of benzene rings is 1. The van der Waals surface area contributed by atoms with Gasteiger partial charge in [0, 0.05) is 6.21 Å². The van der Waals surface area contributed by atoms with Crippen LogP contribution in [0.25, 0.3) is 0 Å². The van der Waals surface area contributed by atoms with Gasteiger partial charge in [-0.15, -0.1) is 0 Å². The van der Waals surface area contributed by atoms with Crippen molar-refractivity contribution < 1.29 is 0 Å². The summed E-state index contributed by atoms with van der Waals surface area (Å²) in [7, 11) is 0. The van der Waals surface area contributed by atoms with Crippen molar-refractivity contribution in [2.24, 2.45) is 11.0 Å². The zero-order valence-corrected chi connectivity index (χ0v) is 8.41. The molecule has 0 heterocycles. The van der Waals surface area contributed by atoms with Crippen LogP contribution >= 0.6 is 0 Å². The van der Waals surface area contributed by atoms with Crippen molar-refractivity contribution in [1.29, 1.82) is 0 Å². The highest BCUT2D eigenvalue weighted by atomic mass is 15.3. The standard InChI is InChI=1S/C11H16N2/c1-9(2)8-12-13-11-6-4-10(3)5-7-11/h4-9,13H,1-3H3/b12-8+. The summed E-state index contributed by atoms with van der Waals surface area (Å²) >= 11 is 0. The van der Waals surface area contributed by atoms with Crippen LogP contribution in [0.1, 0.15) is 19.4 Å². The maximum atomic E-state index is 4.10. The minimum Gasteiger partial charge on any atom is -0.279 e. The first-order valence-electron chi connectivity index (χ1n) is 4.54. The van der Waals surface area contributed by atoms with Crippen LogP contribution < -0.4 is 5.43 Å². The van der Waals surface area contributed by atoms with E-state index in [-0.39, 0.29) is 0 Å². The van der Waals surface area contributed by atoms with Crippen molar-refractivity contribution in [2.75, 3.05) is 5.43 Å². The predicted octanol–water partition coefficient (Wildman–Crippen LogP) is 3.05. The second-order valence-corrected chi connectivity index (χ2v) is 3.50. The number of hydrogen-bond donors (Lipinski definition) is 1. The number of hydrazone groups is 1. The van der Waals surface area contributed by atoms with Gasteiger partial charge in [-0.1, -0.05) is 31.5 Å². The number of nitrogens with zero attached hydrogens (tertiary/aromatic N) is 1. The monoisotopic (exact) mass is 176 g/mol. The average Bonchev–Trinajstić information content (AvgIpc) is 2.08. The number of rotatable bonds is 3.